The second-order valence-electron chi connectivity index (χ2n) is 5.90. The van der Waals surface area contributed by atoms with Crippen molar-refractivity contribution in [1.82, 2.24) is 15.4 Å². The predicted octanol–water partition coefficient (Wildman–Crippen LogP) is -1.68. The number of nitrogens with zero attached hydrogens (tertiary/aromatic N) is 1. The molecule has 7 N–H and O–H groups in total. The average Bonchev–Trinajstić information content (AvgIpc) is 2.87. The Kier molecular flexibility index (Phi) is 5.06. The summed E-state index contributed by atoms with van der Waals surface area (Å²) in [5.41, 5.74) is 5.78. The molecule has 25 heavy (non-hydrogen) atoms. The van der Waals surface area contributed by atoms with Crippen LogP contribution in [0.25, 0.3) is 10.2 Å². The Morgan fingerprint density at radius 2 is 1.96 bits per heavy atom. The van der Waals surface area contributed by atoms with Gasteiger partial charge in [0.2, 0.25) is 5.95 Å². The molecule has 2 aromatic rings. The van der Waals surface area contributed by atoms with E-state index in [0.29, 0.717) is 10.2 Å². The minimum atomic E-state index is -1.50. The van der Waals surface area contributed by atoms with E-state index in [1.54, 1.807) is 0 Å². The van der Waals surface area contributed by atoms with Crippen molar-refractivity contribution in [2.45, 2.75) is 44.5 Å². The summed E-state index contributed by atoms with van der Waals surface area (Å²) in [5.74, 6) is 0.107. The fourth-order valence-electron chi connectivity index (χ4n) is 2.67. The fraction of sp³-hybridized carbons (Fsp3) is 0.571. The molecule has 3 rings (SSSR count). The van der Waals surface area contributed by atoms with Crippen molar-refractivity contribution < 1.29 is 25.2 Å². The van der Waals surface area contributed by atoms with Crippen molar-refractivity contribution in [3.05, 3.63) is 20.8 Å². The molecule has 0 saturated carbocycles. The number of H-pyrrole nitrogens is 1. The minimum Gasteiger partial charge on any atom is -0.394 e. The van der Waals surface area contributed by atoms with Gasteiger partial charge >= 0.3 is 0 Å². The number of hydrogen-bond acceptors (Lipinski definition) is 10. The Labute approximate surface area is 146 Å². The van der Waals surface area contributed by atoms with Crippen LogP contribution in [0.15, 0.2) is 4.79 Å². The number of nitrogens with one attached hydrogen (secondary N) is 3. The van der Waals surface area contributed by atoms with Gasteiger partial charge in [-0.2, -0.15) is 0 Å². The first kappa shape index (κ1) is 18.2. The summed E-state index contributed by atoms with van der Waals surface area (Å²) in [6.45, 7) is 3.22. The van der Waals surface area contributed by atoms with Crippen molar-refractivity contribution in [1.29, 1.82) is 0 Å². The highest BCUT2D eigenvalue weighted by molar-refractivity contribution is 7.18. The normalized spacial score (nSPS) is 29.9. The van der Waals surface area contributed by atoms with E-state index in [9.17, 15) is 20.1 Å². The third-order valence-electron chi connectivity index (χ3n) is 4.26. The van der Waals surface area contributed by atoms with Crippen LogP contribution in [0.2, 0.25) is 0 Å². The maximum absolute atomic E-state index is 12.2. The van der Waals surface area contributed by atoms with E-state index in [4.69, 9.17) is 9.84 Å². The van der Waals surface area contributed by atoms with E-state index in [0.717, 1.165) is 10.4 Å². The SMILES string of the molecule is Cc1sc2nc(NN[C@@H]3O[C@H](CO)[C@@H](O)[C@H](O)[C@H]3O)[nH]c(=O)c2c1C. The zero-order chi connectivity index (χ0) is 18.3. The summed E-state index contributed by atoms with van der Waals surface area (Å²) in [6.07, 6.45) is -6.56. The molecule has 0 bridgehead atoms. The molecule has 1 fully saturated rings. The molecule has 0 aliphatic carbocycles. The van der Waals surface area contributed by atoms with Gasteiger partial charge < -0.3 is 25.2 Å². The molecule has 10 nitrogen and oxygen atoms in total. The Bertz CT molecular complexity index is 821. The van der Waals surface area contributed by atoms with Crippen molar-refractivity contribution in [3.8, 4) is 0 Å². The number of aryl methyl sites for hydroxylation is 2. The number of aromatic amines is 1. The number of anilines is 1. The lowest BCUT2D eigenvalue weighted by molar-refractivity contribution is -0.235. The fourth-order valence-corrected chi connectivity index (χ4v) is 3.70. The number of aromatic nitrogens is 2. The summed E-state index contributed by atoms with van der Waals surface area (Å²) < 4.78 is 5.29. The molecule has 1 aliphatic rings. The number of hydrogen-bond donors (Lipinski definition) is 7. The van der Waals surface area contributed by atoms with Crippen LogP contribution in [0.1, 0.15) is 10.4 Å². The first-order valence-electron chi connectivity index (χ1n) is 7.65. The Balaban J connectivity index is 1.77. The van der Waals surface area contributed by atoms with Crippen molar-refractivity contribution in [2.24, 2.45) is 0 Å². The molecule has 11 heteroatoms. The largest absolute Gasteiger partial charge is 0.394 e. The molecule has 0 radical (unpaired) electrons. The molecular formula is C14H20N4O6S. The maximum Gasteiger partial charge on any atom is 0.261 e. The van der Waals surface area contributed by atoms with Crippen LogP contribution in [-0.2, 0) is 4.74 Å². The second kappa shape index (κ2) is 6.96. The lowest BCUT2D eigenvalue weighted by Crippen LogP contribution is -2.63. The molecule has 0 amide bonds. The zero-order valence-electron chi connectivity index (χ0n) is 13.6. The third-order valence-corrected chi connectivity index (χ3v) is 5.37. The zero-order valence-corrected chi connectivity index (χ0v) is 14.4. The van der Waals surface area contributed by atoms with Crippen molar-refractivity contribution in [3.63, 3.8) is 0 Å². The van der Waals surface area contributed by atoms with Gasteiger partial charge in [0, 0.05) is 4.88 Å². The number of aliphatic hydroxyl groups is 4. The maximum atomic E-state index is 12.2. The van der Waals surface area contributed by atoms with Gasteiger partial charge in [-0.15, -0.1) is 11.3 Å². The average molecular weight is 372 g/mol. The molecule has 5 atom stereocenters. The van der Waals surface area contributed by atoms with Crippen LogP contribution < -0.4 is 16.4 Å². The molecule has 1 aliphatic heterocycles. The van der Waals surface area contributed by atoms with E-state index in [2.05, 4.69) is 20.8 Å². The van der Waals surface area contributed by atoms with Gasteiger partial charge in [0.15, 0.2) is 6.23 Å². The molecular weight excluding hydrogens is 352 g/mol. The summed E-state index contributed by atoms with van der Waals surface area (Å²) in [5, 5.41) is 39.1. The van der Waals surface area contributed by atoms with E-state index >= 15 is 0 Å². The van der Waals surface area contributed by atoms with Gasteiger partial charge in [0.05, 0.1) is 12.0 Å². The monoisotopic (exact) mass is 372 g/mol. The van der Waals surface area contributed by atoms with Crippen molar-refractivity contribution >= 4 is 27.5 Å². The van der Waals surface area contributed by atoms with Gasteiger partial charge in [0.25, 0.3) is 5.56 Å². The number of fused-ring (bicyclic) bond motifs is 1. The second-order valence-corrected chi connectivity index (χ2v) is 7.10. The van der Waals surface area contributed by atoms with Crippen LogP contribution >= 0.6 is 11.3 Å². The highest BCUT2D eigenvalue weighted by Gasteiger charge is 2.43. The van der Waals surface area contributed by atoms with E-state index in [1.807, 2.05) is 13.8 Å². The van der Waals surface area contributed by atoms with E-state index < -0.39 is 37.3 Å². The smallest absolute Gasteiger partial charge is 0.261 e. The van der Waals surface area contributed by atoms with Crippen LogP contribution in [0.4, 0.5) is 5.95 Å². The van der Waals surface area contributed by atoms with E-state index in [-0.39, 0.29) is 11.5 Å². The topological polar surface area (TPSA) is 160 Å². The third kappa shape index (κ3) is 3.27. The van der Waals surface area contributed by atoms with Crippen LogP contribution in [0.5, 0.6) is 0 Å². The Hall–Kier alpha value is -1.60. The highest BCUT2D eigenvalue weighted by atomic mass is 32.1. The molecule has 0 aromatic carbocycles. The Morgan fingerprint density at radius 1 is 1.24 bits per heavy atom. The van der Waals surface area contributed by atoms with Gasteiger partial charge in [-0.25, -0.2) is 10.4 Å². The first-order valence-corrected chi connectivity index (χ1v) is 8.47. The van der Waals surface area contributed by atoms with E-state index in [1.165, 1.54) is 11.3 Å². The number of aliphatic hydroxyl groups excluding tert-OH is 4. The lowest BCUT2D eigenvalue weighted by Gasteiger charge is -2.40. The summed E-state index contributed by atoms with van der Waals surface area (Å²) in [6, 6.07) is 0. The van der Waals surface area contributed by atoms with Gasteiger partial charge in [-0.1, -0.05) is 0 Å². The minimum absolute atomic E-state index is 0.107. The summed E-state index contributed by atoms with van der Waals surface area (Å²) >= 11 is 1.39. The van der Waals surface area contributed by atoms with Crippen LogP contribution in [0, 0.1) is 13.8 Å². The summed E-state index contributed by atoms with van der Waals surface area (Å²) in [4.78, 5) is 20.6. The number of thiophene rings is 1. The lowest BCUT2D eigenvalue weighted by atomic mass is 9.99. The van der Waals surface area contributed by atoms with Gasteiger partial charge in [-0.05, 0) is 19.4 Å². The van der Waals surface area contributed by atoms with Gasteiger partial charge in [-0.3, -0.25) is 15.2 Å². The number of hydrazine groups is 1. The molecule has 3 heterocycles. The van der Waals surface area contributed by atoms with Gasteiger partial charge in [0.1, 0.15) is 29.2 Å². The molecule has 0 spiro atoms. The van der Waals surface area contributed by atoms with Crippen LogP contribution in [-0.4, -0.2) is 67.6 Å². The Morgan fingerprint density at radius 3 is 2.64 bits per heavy atom. The number of ether oxygens (including phenoxy) is 1. The molecule has 2 aromatic heterocycles. The predicted molar refractivity (Wildman–Crippen MR) is 90.2 cm³/mol. The van der Waals surface area contributed by atoms with Crippen LogP contribution in [0.3, 0.4) is 0 Å². The first-order chi connectivity index (χ1) is 11.8. The number of rotatable bonds is 4. The summed E-state index contributed by atoms with van der Waals surface area (Å²) in [7, 11) is 0. The molecule has 138 valence electrons. The highest BCUT2D eigenvalue weighted by Crippen LogP contribution is 2.26. The standard InChI is InChI=1S/C14H20N4O6S/c1-4-5(2)25-13-7(4)11(23)15-14(16-13)18-17-12-10(22)9(21)8(20)6(3-19)24-12/h6,8-10,12,17,19-22H,3H2,1-2H3,(H2,15,16,18,23)/t6-,8-,9+,10-,12-/m1/s1. The molecule has 1 saturated heterocycles. The van der Waals surface area contributed by atoms with Crippen molar-refractivity contribution in [2.75, 3.05) is 12.0 Å². The quantitative estimate of drug-likeness (QED) is 0.311. The molecule has 0 unspecified atom stereocenters.